The summed E-state index contributed by atoms with van der Waals surface area (Å²) in [5.41, 5.74) is 7.23. The molecule has 1 unspecified atom stereocenters. The van der Waals surface area contributed by atoms with Crippen molar-refractivity contribution in [1.82, 2.24) is 14.9 Å². The molecule has 0 amide bonds. The summed E-state index contributed by atoms with van der Waals surface area (Å²) in [6, 6.07) is 0. The number of rotatable bonds is 2. The third kappa shape index (κ3) is 2.08. The number of likely N-dealkylation sites (tertiary alicyclic amines) is 1. The monoisotopic (exact) mass is 220 g/mol. The van der Waals surface area contributed by atoms with Gasteiger partial charge in [-0.25, -0.2) is 9.97 Å². The van der Waals surface area contributed by atoms with Gasteiger partial charge in [0.05, 0.1) is 0 Å². The normalized spacial score (nSPS) is 26.9. The summed E-state index contributed by atoms with van der Waals surface area (Å²) in [5, 5.41) is 0. The fourth-order valence-electron chi connectivity index (χ4n) is 2.55. The molecule has 88 valence electrons. The Morgan fingerprint density at radius 2 is 2.12 bits per heavy atom. The Morgan fingerprint density at radius 1 is 1.44 bits per heavy atom. The molecule has 0 aliphatic carbocycles. The molecular formula is C12H20N4. The van der Waals surface area contributed by atoms with Gasteiger partial charge in [-0.15, -0.1) is 0 Å². The van der Waals surface area contributed by atoms with Crippen LogP contribution in [-0.2, 0) is 5.41 Å². The number of likely N-dealkylation sites (N-methyl/N-ethyl adjacent to an activating group) is 1. The van der Waals surface area contributed by atoms with E-state index in [4.69, 9.17) is 5.73 Å². The van der Waals surface area contributed by atoms with Gasteiger partial charge in [0.15, 0.2) is 0 Å². The smallest absolute Gasteiger partial charge is 0.125 e. The van der Waals surface area contributed by atoms with E-state index >= 15 is 0 Å². The van der Waals surface area contributed by atoms with E-state index in [0.717, 1.165) is 25.3 Å². The van der Waals surface area contributed by atoms with Crippen LogP contribution in [0.2, 0.25) is 0 Å². The SMILES string of the molecule is Cc1ncc(C2(CN)CCCN(C)C2)cn1. The summed E-state index contributed by atoms with van der Waals surface area (Å²) in [7, 11) is 2.15. The Bertz CT molecular complexity index is 349. The summed E-state index contributed by atoms with van der Waals surface area (Å²) >= 11 is 0. The zero-order chi connectivity index (χ0) is 11.6. The van der Waals surface area contributed by atoms with Crippen molar-refractivity contribution in [2.24, 2.45) is 5.73 Å². The fraction of sp³-hybridized carbons (Fsp3) is 0.667. The molecule has 0 aromatic carbocycles. The summed E-state index contributed by atoms with van der Waals surface area (Å²) in [4.78, 5) is 10.9. The number of piperidine rings is 1. The van der Waals surface area contributed by atoms with Crippen LogP contribution in [0.4, 0.5) is 0 Å². The van der Waals surface area contributed by atoms with E-state index < -0.39 is 0 Å². The van der Waals surface area contributed by atoms with Crippen LogP contribution in [-0.4, -0.2) is 41.5 Å². The van der Waals surface area contributed by atoms with Crippen molar-refractivity contribution in [3.63, 3.8) is 0 Å². The lowest BCUT2D eigenvalue weighted by Gasteiger charge is -2.40. The van der Waals surface area contributed by atoms with Crippen LogP contribution in [0, 0.1) is 6.92 Å². The standard InChI is InChI=1S/C12H20N4/c1-10-14-6-11(7-15-10)12(8-13)4-3-5-16(2)9-12/h6-7H,3-5,8-9,13H2,1-2H3. The van der Waals surface area contributed by atoms with E-state index in [2.05, 4.69) is 21.9 Å². The Balaban J connectivity index is 2.29. The number of nitrogens with two attached hydrogens (primary N) is 1. The lowest BCUT2D eigenvalue weighted by atomic mass is 9.75. The van der Waals surface area contributed by atoms with E-state index in [1.807, 2.05) is 19.3 Å². The zero-order valence-electron chi connectivity index (χ0n) is 10.1. The van der Waals surface area contributed by atoms with Crippen molar-refractivity contribution >= 4 is 0 Å². The first-order valence-electron chi connectivity index (χ1n) is 5.84. The third-order valence-corrected chi connectivity index (χ3v) is 3.55. The minimum atomic E-state index is 0.0562. The molecule has 1 aliphatic heterocycles. The van der Waals surface area contributed by atoms with Gasteiger partial charge in [-0.05, 0) is 38.9 Å². The predicted octanol–water partition coefficient (Wildman–Crippen LogP) is 0.707. The molecule has 16 heavy (non-hydrogen) atoms. The maximum atomic E-state index is 5.99. The Hall–Kier alpha value is -1.00. The van der Waals surface area contributed by atoms with Gasteiger partial charge in [-0.2, -0.15) is 0 Å². The largest absolute Gasteiger partial charge is 0.330 e. The second-order valence-corrected chi connectivity index (χ2v) is 4.84. The van der Waals surface area contributed by atoms with Gasteiger partial charge < -0.3 is 10.6 Å². The highest BCUT2D eigenvalue weighted by molar-refractivity contribution is 5.22. The molecule has 2 heterocycles. The molecule has 0 spiro atoms. The van der Waals surface area contributed by atoms with Gasteiger partial charge in [-0.3, -0.25) is 0 Å². The second kappa shape index (κ2) is 4.47. The van der Waals surface area contributed by atoms with Crippen LogP contribution in [0.5, 0.6) is 0 Å². The number of nitrogens with zero attached hydrogens (tertiary/aromatic N) is 3. The molecule has 1 saturated heterocycles. The molecule has 2 N–H and O–H groups in total. The molecule has 1 aliphatic rings. The van der Waals surface area contributed by atoms with Crippen LogP contribution in [0.15, 0.2) is 12.4 Å². The topological polar surface area (TPSA) is 55.0 Å². The van der Waals surface area contributed by atoms with Crippen molar-refractivity contribution in [2.75, 3.05) is 26.7 Å². The summed E-state index contributed by atoms with van der Waals surface area (Å²) in [5.74, 6) is 0.820. The summed E-state index contributed by atoms with van der Waals surface area (Å²) < 4.78 is 0. The number of hydrogen-bond donors (Lipinski definition) is 1. The molecule has 0 bridgehead atoms. The lowest BCUT2D eigenvalue weighted by Crippen LogP contribution is -2.49. The van der Waals surface area contributed by atoms with Gasteiger partial charge in [0.2, 0.25) is 0 Å². The first-order valence-corrected chi connectivity index (χ1v) is 5.84. The van der Waals surface area contributed by atoms with E-state index in [1.165, 1.54) is 12.0 Å². The Kier molecular flexibility index (Phi) is 3.21. The molecule has 1 aromatic rings. The van der Waals surface area contributed by atoms with E-state index in [1.54, 1.807) is 0 Å². The van der Waals surface area contributed by atoms with Crippen molar-refractivity contribution < 1.29 is 0 Å². The highest BCUT2D eigenvalue weighted by atomic mass is 15.1. The fourth-order valence-corrected chi connectivity index (χ4v) is 2.55. The molecule has 4 nitrogen and oxygen atoms in total. The number of aromatic nitrogens is 2. The average Bonchev–Trinajstić information content (AvgIpc) is 2.29. The van der Waals surface area contributed by atoms with Crippen molar-refractivity contribution in [2.45, 2.75) is 25.2 Å². The van der Waals surface area contributed by atoms with Gasteiger partial charge in [0, 0.05) is 30.9 Å². The van der Waals surface area contributed by atoms with Gasteiger partial charge in [0.25, 0.3) is 0 Å². The van der Waals surface area contributed by atoms with Crippen LogP contribution in [0.3, 0.4) is 0 Å². The van der Waals surface area contributed by atoms with Gasteiger partial charge >= 0.3 is 0 Å². The number of hydrogen-bond acceptors (Lipinski definition) is 4. The summed E-state index contributed by atoms with van der Waals surface area (Å²) in [6.07, 6.45) is 6.21. The zero-order valence-corrected chi connectivity index (χ0v) is 10.1. The predicted molar refractivity (Wildman–Crippen MR) is 64.2 cm³/mol. The maximum Gasteiger partial charge on any atom is 0.125 e. The maximum absolute atomic E-state index is 5.99. The third-order valence-electron chi connectivity index (χ3n) is 3.55. The van der Waals surface area contributed by atoms with Crippen LogP contribution in [0.1, 0.15) is 24.2 Å². The van der Waals surface area contributed by atoms with E-state index in [0.29, 0.717) is 6.54 Å². The Labute approximate surface area is 96.9 Å². The average molecular weight is 220 g/mol. The van der Waals surface area contributed by atoms with Crippen molar-refractivity contribution in [3.05, 3.63) is 23.8 Å². The van der Waals surface area contributed by atoms with Gasteiger partial charge in [0.1, 0.15) is 5.82 Å². The molecule has 0 saturated carbocycles. The number of aryl methyl sites for hydroxylation is 1. The summed E-state index contributed by atoms with van der Waals surface area (Å²) in [6.45, 7) is 4.75. The van der Waals surface area contributed by atoms with Crippen LogP contribution < -0.4 is 5.73 Å². The minimum absolute atomic E-state index is 0.0562. The molecule has 4 heteroatoms. The molecule has 2 rings (SSSR count). The lowest BCUT2D eigenvalue weighted by molar-refractivity contribution is 0.179. The second-order valence-electron chi connectivity index (χ2n) is 4.84. The quantitative estimate of drug-likeness (QED) is 0.797. The highest BCUT2D eigenvalue weighted by Crippen LogP contribution is 2.31. The molecule has 1 atom stereocenters. The highest BCUT2D eigenvalue weighted by Gasteiger charge is 2.35. The van der Waals surface area contributed by atoms with Crippen molar-refractivity contribution in [3.8, 4) is 0 Å². The Morgan fingerprint density at radius 3 is 2.69 bits per heavy atom. The molecule has 1 aromatic heterocycles. The minimum Gasteiger partial charge on any atom is -0.330 e. The first kappa shape index (κ1) is 11.5. The molecule has 1 fully saturated rings. The molecular weight excluding hydrogens is 200 g/mol. The van der Waals surface area contributed by atoms with Crippen molar-refractivity contribution in [1.29, 1.82) is 0 Å². The van der Waals surface area contributed by atoms with E-state index in [9.17, 15) is 0 Å². The first-order chi connectivity index (χ1) is 7.66. The van der Waals surface area contributed by atoms with Crippen LogP contribution >= 0.6 is 0 Å². The van der Waals surface area contributed by atoms with E-state index in [-0.39, 0.29) is 5.41 Å². The molecule has 0 radical (unpaired) electrons. The van der Waals surface area contributed by atoms with Gasteiger partial charge in [-0.1, -0.05) is 0 Å². The van der Waals surface area contributed by atoms with Crippen LogP contribution in [0.25, 0.3) is 0 Å².